The summed E-state index contributed by atoms with van der Waals surface area (Å²) < 4.78 is 36.5. The summed E-state index contributed by atoms with van der Waals surface area (Å²) >= 11 is 0. The van der Waals surface area contributed by atoms with Gasteiger partial charge in [-0.05, 0) is 5.56 Å². The molecule has 0 saturated carbocycles. The fourth-order valence-electron chi connectivity index (χ4n) is 1.09. The van der Waals surface area contributed by atoms with Crippen LogP contribution in [0.3, 0.4) is 0 Å². The van der Waals surface area contributed by atoms with E-state index in [9.17, 15) is 13.2 Å². The van der Waals surface area contributed by atoms with Crippen molar-refractivity contribution in [2.45, 2.75) is 18.3 Å². The summed E-state index contributed by atoms with van der Waals surface area (Å²) in [5.74, 6) is 0. The summed E-state index contributed by atoms with van der Waals surface area (Å²) in [5, 5.41) is 0. The molecule has 0 fully saturated rings. The van der Waals surface area contributed by atoms with Gasteiger partial charge in [0.25, 0.3) is 0 Å². The molecule has 0 amide bonds. The number of hydrogen-bond donors (Lipinski definition) is 2. The van der Waals surface area contributed by atoms with E-state index >= 15 is 0 Å². The van der Waals surface area contributed by atoms with E-state index in [1.807, 2.05) is 0 Å². The van der Waals surface area contributed by atoms with Crippen LogP contribution in [-0.2, 0) is 0 Å². The van der Waals surface area contributed by atoms with Crippen LogP contribution in [0.5, 0.6) is 0 Å². The first-order valence-corrected chi connectivity index (χ1v) is 4.05. The van der Waals surface area contributed by atoms with E-state index in [2.05, 4.69) is 0 Å². The Labute approximate surface area is 79.7 Å². The Kier molecular flexibility index (Phi) is 3.13. The number of halogens is 3. The molecule has 1 aromatic rings. The Morgan fingerprint density at radius 3 is 1.93 bits per heavy atom. The summed E-state index contributed by atoms with van der Waals surface area (Å²) in [4.78, 5) is 0. The van der Waals surface area contributed by atoms with Gasteiger partial charge in [0, 0.05) is 0 Å². The van der Waals surface area contributed by atoms with Gasteiger partial charge in [-0.1, -0.05) is 30.3 Å². The van der Waals surface area contributed by atoms with Crippen LogP contribution in [0, 0.1) is 0 Å². The minimum atomic E-state index is -4.46. The van der Waals surface area contributed by atoms with E-state index in [-0.39, 0.29) is 0 Å². The summed E-state index contributed by atoms with van der Waals surface area (Å²) in [7, 11) is 0. The topological polar surface area (TPSA) is 52.0 Å². The number of hydrogen-bond acceptors (Lipinski definition) is 2. The number of rotatable bonds is 2. The zero-order valence-corrected chi connectivity index (χ0v) is 7.33. The van der Waals surface area contributed by atoms with E-state index in [0.29, 0.717) is 5.56 Å². The van der Waals surface area contributed by atoms with Crippen molar-refractivity contribution in [2.24, 2.45) is 11.5 Å². The van der Waals surface area contributed by atoms with Gasteiger partial charge in [0.2, 0.25) is 0 Å². The average molecular weight is 204 g/mol. The van der Waals surface area contributed by atoms with Crippen LogP contribution in [0.2, 0.25) is 0 Å². The van der Waals surface area contributed by atoms with Crippen LogP contribution in [0.25, 0.3) is 0 Å². The molecule has 1 rings (SSSR count). The van der Waals surface area contributed by atoms with Gasteiger partial charge in [0.15, 0.2) is 0 Å². The summed E-state index contributed by atoms with van der Waals surface area (Å²) in [6.07, 6.45) is -4.46. The largest absolute Gasteiger partial charge is 0.405 e. The lowest BCUT2D eigenvalue weighted by molar-refractivity contribution is -0.152. The molecule has 78 valence electrons. The van der Waals surface area contributed by atoms with Crippen molar-refractivity contribution in [1.82, 2.24) is 0 Å². The third-order valence-corrected chi connectivity index (χ3v) is 1.95. The van der Waals surface area contributed by atoms with Crippen LogP contribution in [0.4, 0.5) is 13.2 Å². The number of nitrogens with two attached hydrogens (primary N) is 2. The standard InChI is InChI=1S/C9H11F3N2/c10-9(11,12)8(14)7(13)6-4-2-1-3-5-6/h1-5,7-8H,13-14H2. The highest BCUT2D eigenvalue weighted by Gasteiger charge is 2.41. The molecule has 0 aliphatic carbocycles. The van der Waals surface area contributed by atoms with Crippen molar-refractivity contribution in [3.8, 4) is 0 Å². The molecule has 0 saturated heterocycles. The second-order valence-corrected chi connectivity index (χ2v) is 3.00. The van der Waals surface area contributed by atoms with E-state index in [0.717, 1.165) is 0 Å². The molecule has 5 heteroatoms. The summed E-state index contributed by atoms with van der Waals surface area (Å²) in [5.41, 5.74) is 10.7. The molecule has 2 atom stereocenters. The van der Waals surface area contributed by atoms with Gasteiger partial charge in [0.05, 0.1) is 6.04 Å². The first kappa shape index (κ1) is 11.0. The third kappa shape index (κ3) is 2.46. The number of alkyl halides is 3. The maximum absolute atomic E-state index is 12.2. The van der Waals surface area contributed by atoms with Gasteiger partial charge in [-0.2, -0.15) is 13.2 Å². The Balaban J connectivity index is 2.81. The van der Waals surface area contributed by atoms with Crippen molar-refractivity contribution >= 4 is 0 Å². The van der Waals surface area contributed by atoms with Gasteiger partial charge < -0.3 is 11.5 Å². The second-order valence-electron chi connectivity index (χ2n) is 3.00. The Hall–Kier alpha value is -1.07. The number of benzene rings is 1. The summed E-state index contributed by atoms with van der Waals surface area (Å²) in [6, 6.07) is 4.76. The average Bonchev–Trinajstić information content (AvgIpc) is 2.15. The molecule has 2 unspecified atom stereocenters. The molecular weight excluding hydrogens is 193 g/mol. The van der Waals surface area contributed by atoms with Crippen molar-refractivity contribution in [2.75, 3.05) is 0 Å². The molecular formula is C9H11F3N2. The molecule has 0 aliphatic heterocycles. The Morgan fingerprint density at radius 1 is 1.00 bits per heavy atom. The fraction of sp³-hybridized carbons (Fsp3) is 0.333. The summed E-state index contributed by atoms with van der Waals surface area (Å²) in [6.45, 7) is 0. The lowest BCUT2D eigenvalue weighted by Crippen LogP contribution is -2.45. The van der Waals surface area contributed by atoms with Crippen LogP contribution in [-0.4, -0.2) is 12.2 Å². The quantitative estimate of drug-likeness (QED) is 0.768. The molecule has 0 heterocycles. The van der Waals surface area contributed by atoms with Crippen LogP contribution in [0.1, 0.15) is 11.6 Å². The lowest BCUT2D eigenvalue weighted by atomic mass is 10.0. The molecule has 0 bridgehead atoms. The van der Waals surface area contributed by atoms with E-state index < -0.39 is 18.3 Å². The second kappa shape index (κ2) is 3.98. The van der Waals surface area contributed by atoms with Gasteiger partial charge in [0.1, 0.15) is 6.04 Å². The predicted octanol–water partition coefficient (Wildman–Crippen LogP) is 1.58. The molecule has 14 heavy (non-hydrogen) atoms. The van der Waals surface area contributed by atoms with Gasteiger partial charge in [-0.25, -0.2) is 0 Å². The molecule has 1 aromatic carbocycles. The molecule has 4 N–H and O–H groups in total. The molecule has 0 spiro atoms. The van der Waals surface area contributed by atoms with Gasteiger partial charge in [-0.15, -0.1) is 0 Å². The van der Waals surface area contributed by atoms with Crippen molar-refractivity contribution in [3.05, 3.63) is 35.9 Å². The normalized spacial score (nSPS) is 16.4. The highest BCUT2D eigenvalue weighted by Crippen LogP contribution is 2.26. The zero-order chi connectivity index (χ0) is 10.8. The van der Waals surface area contributed by atoms with Crippen molar-refractivity contribution in [1.29, 1.82) is 0 Å². The maximum atomic E-state index is 12.2. The SMILES string of the molecule is NC(c1ccccc1)C(N)C(F)(F)F. The van der Waals surface area contributed by atoms with Gasteiger partial charge in [-0.3, -0.25) is 0 Å². The minimum absolute atomic E-state index is 0.386. The Morgan fingerprint density at radius 2 is 1.50 bits per heavy atom. The highest BCUT2D eigenvalue weighted by molar-refractivity contribution is 5.20. The first-order chi connectivity index (χ1) is 6.43. The monoisotopic (exact) mass is 204 g/mol. The molecule has 0 aliphatic rings. The van der Waals surface area contributed by atoms with Crippen molar-refractivity contribution in [3.63, 3.8) is 0 Å². The molecule has 0 radical (unpaired) electrons. The van der Waals surface area contributed by atoms with E-state index in [1.54, 1.807) is 18.2 Å². The smallest absolute Gasteiger partial charge is 0.322 e. The van der Waals surface area contributed by atoms with Crippen molar-refractivity contribution < 1.29 is 13.2 Å². The van der Waals surface area contributed by atoms with Crippen LogP contribution in [0.15, 0.2) is 30.3 Å². The molecule has 0 aromatic heterocycles. The third-order valence-electron chi connectivity index (χ3n) is 1.95. The van der Waals surface area contributed by atoms with Gasteiger partial charge >= 0.3 is 6.18 Å². The highest BCUT2D eigenvalue weighted by atomic mass is 19.4. The van der Waals surface area contributed by atoms with Crippen LogP contribution >= 0.6 is 0 Å². The maximum Gasteiger partial charge on any atom is 0.405 e. The van der Waals surface area contributed by atoms with Crippen LogP contribution < -0.4 is 11.5 Å². The zero-order valence-electron chi connectivity index (χ0n) is 7.33. The lowest BCUT2D eigenvalue weighted by Gasteiger charge is -2.22. The molecule has 2 nitrogen and oxygen atoms in total. The Bertz CT molecular complexity index is 284. The van der Waals surface area contributed by atoms with E-state index in [4.69, 9.17) is 11.5 Å². The predicted molar refractivity (Wildman–Crippen MR) is 47.4 cm³/mol. The minimum Gasteiger partial charge on any atom is -0.322 e. The fourth-order valence-corrected chi connectivity index (χ4v) is 1.09. The first-order valence-electron chi connectivity index (χ1n) is 4.05. The van der Waals surface area contributed by atoms with E-state index in [1.165, 1.54) is 12.1 Å².